The van der Waals surface area contributed by atoms with E-state index in [0.717, 1.165) is 15.2 Å². The molecule has 3 aromatic carbocycles. The highest BCUT2D eigenvalue weighted by molar-refractivity contribution is 9.10. The maximum absolute atomic E-state index is 13.3. The van der Waals surface area contributed by atoms with Gasteiger partial charge in [0.2, 0.25) is 0 Å². The molecule has 0 bridgehead atoms. The lowest BCUT2D eigenvalue weighted by atomic mass is 10.0. The summed E-state index contributed by atoms with van der Waals surface area (Å²) in [5, 5.41) is 7.13. The van der Waals surface area contributed by atoms with E-state index in [0.29, 0.717) is 22.7 Å². The van der Waals surface area contributed by atoms with Crippen LogP contribution in [0.15, 0.2) is 83.5 Å². The standard InChI is InChI=1S/C24H18BrN3O3/c1-26-23(29)20-14-18(11-12-27-20)31-21-10-9-15-5-2-3-8-19(15)22(21)24(30)28-17-7-4-6-16(25)13-17/h2-14H,1H3,(H,26,29)(H,28,30). The molecule has 0 spiro atoms. The van der Waals surface area contributed by atoms with Crippen LogP contribution in [0.4, 0.5) is 5.69 Å². The number of halogens is 1. The van der Waals surface area contributed by atoms with Crippen molar-refractivity contribution < 1.29 is 14.3 Å². The first-order valence-corrected chi connectivity index (χ1v) is 10.3. The fourth-order valence-electron chi connectivity index (χ4n) is 3.18. The van der Waals surface area contributed by atoms with Crippen LogP contribution in [-0.4, -0.2) is 23.8 Å². The Kier molecular flexibility index (Phi) is 5.95. The molecule has 31 heavy (non-hydrogen) atoms. The van der Waals surface area contributed by atoms with Crippen molar-refractivity contribution in [3.05, 3.63) is 94.7 Å². The van der Waals surface area contributed by atoms with Crippen LogP contribution < -0.4 is 15.4 Å². The largest absolute Gasteiger partial charge is 0.456 e. The summed E-state index contributed by atoms with van der Waals surface area (Å²) in [5.41, 5.74) is 1.28. The van der Waals surface area contributed by atoms with Crippen LogP contribution in [0.1, 0.15) is 20.8 Å². The van der Waals surface area contributed by atoms with E-state index in [1.165, 1.54) is 19.3 Å². The van der Waals surface area contributed by atoms with Crippen molar-refractivity contribution in [1.29, 1.82) is 0 Å². The maximum atomic E-state index is 13.3. The van der Waals surface area contributed by atoms with Gasteiger partial charge < -0.3 is 15.4 Å². The number of amides is 2. The maximum Gasteiger partial charge on any atom is 0.269 e. The van der Waals surface area contributed by atoms with E-state index < -0.39 is 0 Å². The van der Waals surface area contributed by atoms with Crippen molar-refractivity contribution in [2.45, 2.75) is 0 Å². The van der Waals surface area contributed by atoms with Crippen LogP contribution in [0, 0.1) is 0 Å². The zero-order valence-corrected chi connectivity index (χ0v) is 18.1. The minimum Gasteiger partial charge on any atom is -0.456 e. The van der Waals surface area contributed by atoms with Crippen LogP contribution in [0.25, 0.3) is 10.8 Å². The molecule has 7 heteroatoms. The second-order valence-electron chi connectivity index (χ2n) is 6.68. The van der Waals surface area contributed by atoms with Gasteiger partial charge in [-0.3, -0.25) is 14.6 Å². The molecule has 0 aliphatic carbocycles. The number of aromatic nitrogens is 1. The molecule has 0 aliphatic heterocycles. The third-order valence-corrected chi connectivity index (χ3v) is 5.11. The quantitative estimate of drug-likeness (QED) is 0.404. The molecule has 0 aliphatic rings. The van der Waals surface area contributed by atoms with Gasteiger partial charge in [0.1, 0.15) is 17.2 Å². The molecule has 0 saturated carbocycles. The zero-order chi connectivity index (χ0) is 21.8. The Morgan fingerprint density at radius 3 is 2.58 bits per heavy atom. The first kappa shape index (κ1) is 20.6. The lowest BCUT2D eigenvalue weighted by molar-refractivity contribution is 0.0956. The summed E-state index contributed by atoms with van der Waals surface area (Å²) in [6, 6.07) is 21.8. The summed E-state index contributed by atoms with van der Waals surface area (Å²) in [5.74, 6) is 0.155. The van der Waals surface area contributed by atoms with E-state index in [4.69, 9.17) is 4.74 Å². The highest BCUT2D eigenvalue weighted by Crippen LogP contribution is 2.32. The Morgan fingerprint density at radius 1 is 0.935 bits per heavy atom. The first-order chi connectivity index (χ1) is 15.0. The van der Waals surface area contributed by atoms with Gasteiger partial charge in [-0.15, -0.1) is 0 Å². The molecule has 2 N–H and O–H groups in total. The smallest absolute Gasteiger partial charge is 0.269 e. The average Bonchev–Trinajstić information content (AvgIpc) is 2.78. The summed E-state index contributed by atoms with van der Waals surface area (Å²) in [6.07, 6.45) is 1.49. The predicted molar refractivity (Wildman–Crippen MR) is 124 cm³/mol. The van der Waals surface area contributed by atoms with Crippen LogP contribution >= 0.6 is 15.9 Å². The number of carbonyl (C=O) groups excluding carboxylic acids is 2. The van der Waals surface area contributed by atoms with Crippen LogP contribution in [0.3, 0.4) is 0 Å². The van der Waals surface area contributed by atoms with Gasteiger partial charge in [0.15, 0.2) is 0 Å². The molecule has 0 fully saturated rings. The molecule has 4 aromatic rings. The molecular weight excluding hydrogens is 458 g/mol. The highest BCUT2D eigenvalue weighted by Gasteiger charge is 2.18. The molecule has 154 valence electrons. The number of benzene rings is 3. The molecule has 4 rings (SSSR count). The van der Waals surface area contributed by atoms with E-state index in [1.807, 2.05) is 54.6 Å². The van der Waals surface area contributed by atoms with Crippen molar-refractivity contribution in [1.82, 2.24) is 10.3 Å². The molecule has 0 radical (unpaired) electrons. The first-order valence-electron chi connectivity index (χ1n) is 9.50. The van der Waals surface area contributed by atoms with Crippen LogP contribution in [-0.2, 0) is 0 Å². The Labute approximate surface area is 187 Å². The fourth-order valence-corrected chi connectivity index (χ4v) is 3.58. The zero-order valence-electron chi connectivity index (χ0n) is 16.6. The van der Waals surface area contributed by atoms with E-state index in [9.17, 15) is 9.59 Å². The third-order valence-electron chi connectivity index (χ3n) is 4.62. The van der Waals surface area contributed by atoms with Crippen molar-refractivity contribution in [2.24, 2.45) is 0 Å². The number of nitrogens with one attached hydrogen (secondary N) is 2. The van der Waals surface area contributed by atoms with Crippen molar-refractivity contribution in [2.75, 3.05) is 12.4 Å². The molecule has 6 nitrogen and oxygen atoms in total. The molecule has 0 atom stereocenters. The van der Waals surface area contributed by atoms with Gasteiger partial charge in [0.05, 0.1) is 5.56 Å². The van der Waals surface area contributed by atoms with E-state index >= 15 is 0 Å². The SMILES string of the molecule is CNC(=O)c1cc(Oc2ccc3ccccc3c2C(=O)Nc2cccc(Br)c2)ccn1. The fraction of sp³-hybridized carbons (Fsp3) is 0.0417. The van der Waals surface area contributed by atoms with Gasteiger partial charge in [-0.2, -0.15) is 0 Å². The Bertz CT molecular complexity index is 1290. The Balaban J connectivity index is 1.75. The van der Waals surface area contributed by atoms with Gasteiger partial charge in [-0.1, -0.05) is 52.3 Å². The topological polar surface area (TPSA) is 80.3 Å². The second-order valence-corrected chi connectivity index (χ2v) is 7.60. The lowest BCUT2D eigenvalue weighted by Crippen LogP contribution is -2.19. The van der Waals surface area contributed by atoms with Crippen molar-refractivity contribution in [3.8, 4) is 11.5 Å². The Hall–Kier alpha value is -3.71. The van der Waals surface area contributed by atoms with Gasteiger partial charge >= 0.3 is 0 Å². The van der Waals surface area contributed by atoms with Crippen molar-refractivity contribution >= 4 is 44.2 Å². The van der Waals surface area contributed by atoms with Gasteiger partial charge in [-0.25, -0.2) is 0 Å². The molecule has 0 unspecified atom stereocenters. The number of pyridine rings is 1. The number of hydrogen-bond donors (Lipinski definition) is 2. The number of rotatable bonds is 5. The number of anilines is 1. The molecular formula is C24H18BrN3O3. The normalized spacial score (nSPS) is 10.5. The lowest BCUT2D eigenvalue weighted by Gasteiger charge is -2.15. The van der Waals surface area contributed by atoms with Crippen LogP contribution in [0.5, 0.6) is 11.5 Å². The monoisotopic (exact) mass is 475 g/mol. The predicted octanol–water partition coefficient (Wildman–Crippen LogP) is 5.40. The number of ether oxygens (including phenoxy) is 1. The molecule has 1 heterocycles. The minimum absolute atomic E-state index is 0.223. The molecule has 2 amide bonds. The van der Waals surface area contributed by atoms with Crippen molar-refractivity contribution in [3.63, 3.8) is 0 Å². The Morgan fingerprint density at radius 2 is 1.77 bits per heavy atom. The summed E-state index contributed by atoms with van der Waals surface area (Å²) in [4.78, 5) is 29.2. The summed E-state index contributed by atoms with van der Waals surface area (Å²) in [7, 11) is 1.53. The van der Waals surface area contributed by atoms with E-state index in [1.54, 1.807) is 12.1 Å². The van der Waals surface area contributed by atoms with E-state index in [2.05, 4.69) is 31.5 Å². The number of nitrogens with zero attached hydrogens (tertiary/aromatic N) is 1. The number of hydrogen-bond acceptors (Lipinski definition) is 4. The van der Waals surface area contributed by atoms with Gasteiger partial charge in [0, 0.05) is 29.5 Å². The molecule has 1 aromatic heterocycles. The number of fused-ring (bicyclic) bond motifs is 1. The van der Waals surface area contributed by atoms with Crippen LogP contribution in [0.2, 0.25) is 0 Å². The minimum atomic E-state index is -0.323. The molecule has 0 saturated heterocycles. The average molecular weight is 476 g/mol. The van der Waals surface area contributed by atoms with E-state index in [-0.39, 0.29) is 17.5 Å². The third kappa shape index (κ3) is 4.57. The summed E-state index contributed by atoms with van der Waals surface area (Å²) >= 11 is 3.42. The van der Waals surface area contributed by atoms with Gasteiger partial charge in [0.25, 0.3) is 11.8 Å². The number of carbonyl (C=O) groups is 2. The summed E-state index contributed by atoms with van der Waals surface area (Å²) < 4.78 is 6.90. The van der Waals surface area contributed by atoms with Gasteiger partial charge in [-0.05, 0) is 41.1 Å². The summed E-state index contributed by atoms with van der Waals surface area (Å²) in [6.45, 7) is 0. The highest BCUT2D eigenvalue weighted by atomic mass is 79.9. The second kappa shape index (κ2) is 8.97.